The highest BCUT2D eigenvalue weighted by Gasteiger charge is 2.13. The van der Waals surface area contributed by atoms with Crippen molar-refractivity contribution in [2.45, 2.75) is 6.92 Å². The predicted octanol–water partition coefficient (Wildman–Crippen LogP) is 3.29. The van der Waals surface area contributed by atoms with Crippen LogP contribution in [0.25, 0.3) is 16.8 Å². The van der Waals surface area contributed by atoms with E-state index >= 15 is 0 Å². The Balaban J connectivity index is 0.000000537. The minimum atomic E-state index is -3.67. The number of rotatable bonds is 6. The number of hydrogen-bond acceptors (Lipinski definition) is 5. The average molecular weight is 418 g/mol. The summed E-state index contributed by atoms with van der Waals surface area (Å²) in [6, 6.07) is 18.5. The van der Waals surface area contributed by atoms with Crippen molar-refractivity contribution in [3.8, 4) is 22.7 Å². The monoisotopic (exact) mass is 417 g/mol. The first-order valence-corrected chi connectivity index (χ1v) is 10.9. The number of hydrogen-bond donors (Lipinski definition) is 1. The van der Waals surface area contributed by atoms with Crippen molar-refractivity contribution in [3.05, 3.63) is 66.4 Å². The van der Waals surface area contributed by atoms with E-state index in [9.17, 15) is 8.42 Å². The summed E-state index contributed by atoms with van der Waals surface area (Å²) >= 11 is 0. The summed E-state index contributed by atoms with van der Waals surface area (Å²) in [5, 5.41) is 4.66. The smallest absolute Gasteiger partial charge is 0.261 e. The van der Waals surface area contributed by atoms with E-state index in [2.05, 4.69) is 53.3 Å². The molecule has 0 saturated carbocycles. The Hall–Kier alpha value is -2.68. The predicted molar refractivity (Wildman–Crippen MR) is 115 cm³/mol. The van der Waals surface area contributed by atoms with Gasteiger partial charge in [0.2, 0.25) is 5.88 Å². The first kappa shape index (κ1) is 22.6. The van der Waals surface area contributed by atoms with Gasteiger partial charge in [0.1, 0.15) is 6.61 Å². The average Bonchev–Trinajstić information content (AvgIpc) is 3.05. The zero-order chi connectivity index (χ0) is 21.4. The Bertz CT molecular complexity index is 990. The summed E-state index contributed by atoms with van der Waals surface area (Å²) in [6.07, 6.45) is 2.75. The van der Waals surface area contributed by atoms with Crippen LogP contribution in [0.5, 0.6) is 5.88 Å². The fraction of sp³-hybridized carbons (Fsp3) is 0.286. The molecule has 0 atom stereocenters. The van der Waals surface area contributed by atoms with E-state index in [0.717, 1.165) is 23.4 Å². The van der Waals surface area contributed by atoms with E-state index in [4.69, 9.17) is 9.29 Å². The number of aryl methyl sites for hydroxylation is 1. The zero-order valence-electron chi connectivity index (χ0n) is 17.1. The number of benzene rings is 2. The van der Waals surface area contributed by atoms with E-state index in [1.807, 2.05) is 43.2 Å². The summed E-state index contributed by atoms with van der Waals surface area (Å²) in [7, 11) is 0.402. The highest BCUT2D eigenvalue weighted by molar-refractivity contribution is 7.85. The molecule has 2 aromatic carbocycles. The highest BCUT2D eigenvalue weighted by atomic mass is 32.2. The molecule has 3 aromatic rings. The number of nitrogens with zero attached hydrogens (tertiary/aromatic N) is 3. The molecule has 0 fully saturated rings. The van der Waals surface area contributed by atoms with Crippen LogP contribution < -0.4 is 4.74 Å². The number of aromatic nitrogens is 2. The maximum Gasteiger partial charge on any atom is 0.261 e. The molecule has 0 radical (unpaired) electrons. The third kappa shape index (κ3) is 8.06. The molecular weight excluding hydrogens is 390 g/mol. The van der Waals surface area contributed by atoms with Crippen LogP contribution in [0.3, 0.4) is 0 Å². The van der Waals surface area contributed by atoms with Gasteiger partial charge < -0.3 is 9.64 Å². The summed E-state index contributed by atoms with van der Waals surface area (Å²) < 4.78 is 33.7. The fourth-order valence-corrected chi connectivity index (χ4v) is 2.44. The first-order chi connectivity index (χ1) is 13.6. The maximum atomic E-state index is 9.19. The molecule has 3 rings (SSSR count). The van der Waals surface area contributed by atoms with Gasteiger partial charge in [-0.3, -0.25) is 4.55 Å². The van der Waals surface area contributed by atoms with E-state index in [1.165, 1.54) is 5.56 Å². The van der Waals surface area contributed by atoms with Crippen LogP contribution in [-0.2, 0) is 10.1 Å². The van der Waals surface area contributed by atoms with Crippen molar-refractivity contribution in [2.24, 2.45) is 0 Å². The van der Waals surface area contributed by atoms with Gasteiger partial charge in [0.15, 0.2) is 0 Å². The molecule has 7 nitrogen and oxygen atoms in total. The summed E-state index contributed by atoms with van der Waals surface area (Å²) in [6.45, 7) is 3.54. The summed E-state index contributed by atoms with van der Waals surface area (Å²) in [5.74, 6) is 0.670. The second-order valence-corrected chi connectivity index (χ2v) is 8.34. The van der Waals surface area contributed by atoms with Crippen LogP contribution >= 0.6 is 0 Å². The third-order valence-electron chi connectivity index (χ3n) is 3.84. The van der Waals surface area contributed by atoms with Crippen LogP contribution in [0.4, 0.5) is 0 Å². The largest absolute Gasteiger partial charge is 0.475 e. The van der Waals surface area contributed by atoms with Gasteiger partial charge in [0.25, 0.3) is 10.1 Å². The summed E-state index contributed by atoms with van der Waals surface area (Å²) in [4.78, 5) is 2.10. The second kappa shape index (κ2) is 10.2. The number of likely N-dealkylation sites (N-methyl/N-ethyl adjacent to an activating group) is 1. The van der Waals surface area contributed by atoms with E-state index in [0.29, 0.717) is 18.7 Å². The van der Waals surface area contributed by atoms with Crippen molar-refractivity contribution in [1.82, 2.24) is 14.7 Å². The molecule has 0 aliphatic heterocycles. The van der Waals surface area contributed by atoms with Gasteiger partial charge in [-0.2, -0.15) is 8.42 Å². The van der Waals surface area contributed by atoms with E-state index in [-0.39, 0.29) is 0 Å². The molecule has 1 aromatic heterocycles. The zero-order valence-corrected chi connectivity index (χ0v) is 17.9. The molecule has 0 bridgehead atoms. The lowest BCUT2D eigenvalue weighted by atomic mass is 10.1. The molecule has 0 spiro atoms. The Labute approximate surface area is 172 Å². The van der Waals surface area contributed by atoms with Crippen LogP contribution in [0.15, 0.2) is 60.8 Å². The molecule has 0 saturated heterocycles. The number of ether oxygens (including phenoxy) is 1. The fourth-order valence-electron chi connectivity index (χ4n) is 2.44. The van der Waals surface area contributed by atoms with E-state index < -0.39 is 10.1 Å². The molecule has 29 heavy (non-hydrogen) atoms. The van der Waals surface area contributed by atoms with Gasteiger partial charge in [-0.05, 0) is 38.7 Å². The van der Waals surface area contributed by atoms with Crippen LogP contribution in [0.1, 0.15) is 5.56 Å². The third-order valence-corrected chi connectivity index (χ3v) is 3.84. The minimum absolute atomic E-state index is 0.609. The second-order valence-electron chi connectivity index (χ2n) is 6.88. The minimum Gasteiger partial charge on any atom is -0.475 e. The summed E-state index contributed by atoms with van der Waals surface area (Å²) in [5.41, 5.74) is 4.38. The molecule has 0 aliphatic rings. The van der Waals surface area contributed by atoms with Gasteiger partial charge in [-0.15, -0.1) is 5.10 Å². The lowest BCUT2D eigenvalue weighted by Crippen LogP contribution is -2.19. The lowest BCUT2D eigenvalue weighted by Gasteiger charge is -2.10. The Morgan fingerprint density at radius 2 is 1.66 bits per heavy atom. The lowest BCUT2D eigenvalue weighted by molar-refractivity contribution is 0.253. The highest BCUT2D eigenvalue weighted by Crippen LogP contribution is 2.30. The van der Waals surface area contributed by atoms with Crippen molar-refractivity contribution in [2.75, 3.05) is 33.5 Å². The Morgan fingerprint density at radius 1 is 1.07 bits per heavy atom. The molecule has 0 aliphatic carbocycles. The van der Waals surface area contributed by atoms with E-state index in [1.54, 1.807) is 0 Å². The Kier molecular flexibility index (Phi) is 7.95. The SMILES string of the molecule is CS(=O)(=O)O.Cc1ccc(-n2cc(-c3ccccc3)c(OCCN(C)C)n2)cc1. The van der Waals surface area contributed by atoms with Crippen molar-refractivity contribution in [1.29, 1.82) is 0 Å². The molecule has 156 valence electrons. The van der Waals surface area contributed by atoms with Gasteiger partial charge in [-0.25, -0.2) is 4.68 Å². The standard InChI is InChI=1S/C20H23N3O.CH4O3S/c1-16-9-11-18(12-10-16)23-15-19(17-7-5-4-6-8-17)20(21-23)24-14-13-22(2)3;1-5(2,3)4/h4-12,15H,13-14H2,1-3H3;1H3,(H,2,3,4). The van der Waals surface area contributed by atoms with Crippen molar-refractivity contribution in [3.63, 3.8) is 0 Å². The Morgan fingerprint density at radius 3 is 2.21 bits per heavy atom. The topological polar surface area (TPSA) is 84.7 Å². The van der Waals surface area contributed by atoms with Gasteiger partial charge >= 0.3 is 0 Å². The first-order valence-electron chi connectivity index (χ1n) is 9.05. The molecule has 0 unspecified atom stereocenters. The normalized spacial score (nSPS) is 11.1. The van der Waals surface area contributed by atoms with Crippen LogP contribution in [0, 0.1) is 6.92 Å². The van der Waals surface area contributed by atoms with Crippen molar-refractivity contribution >= 4 is 10.1 Å². The quantitative estimate of drug-likeness (QED) is 0.620. The van der Waals surface area contributed by atoms with Gasteiger partial charge in [0, 0.05) is 12.7 Å². The molecule has 0 amide bonds. The van der Waals surface area contributed by atoms with Gasteiger partial charge in [0.05, 0.1) is 17.5 Å². The maximum absolute atomic E-state index is 9.19. The molecule has 8 heteroatoms. The van der Waals surface area contributed by atoms with Gasteiger partial charge in [-0.1, -0.05) is 48.0 Å². The molecule has 1 N–H and O–H groups in total. The van der Waals surface area contributed by atoms with Crippen LogP contribution in [0.2, 0.25) is 0 Å². The molecule has 1 heterocycles. The molecular formula is C21H27N3O4S. The van der Waals surface area contributed by atoms with Crippen molar-refractivity contribution < 1.29 is 17.7 Å². The van der Waals surface area contributed by atoms with Crippen LogP contribution in [-0.4, -0.2) is 61.2 Å².